The number of carbonyl (C=O) groups excluding carboxylic acids is 1. The summed E-state index contributed by atoms with van der Waals surface area (Å²) in [6, 6.07) is 0. The number of carboxylic acids is 1. The summed E-state index contributed by atoms with van der Waals surface area (Å²) in [5, 5.41) is 9.52. The average Bonchev–Trinajstić information content (AvgIpc) is 2.90. The van der Waals surface area contributed by atoms with Gasteiger partial charge in [0.15, 0.2) is 0 Å². The summed E-state index contributed by atoms with van der Waals surface area (Å²) in [6.07, 6.45) is 6.23. The third-order valence-electron chi connectivity index (χ3n) is 4.81. The molecule has 1 amide bonds. The molecule has 2 unspecified atom stereocenters. The van der Waals surface area contributed by atoms with Crippen LogP contribution in [-0.2, 0) is 9.59 Å². The number of amides is 1. The van der Waals surface area contributed by atoms with E-state index < -0.39 is 11.5 Å². The van der Waals surface area contributed by atoms with E-state index in [4.69, 9.17) is 5.73 Å². The van der Waals surface area contributed by atoms with Gasteiger partial charge in [-0.1, -0.05) is 26.7 Å². The summed E-state index contributed by atoms with van der Waals surface area (Å²) in [5.41, 5.74) is 4.65. The number of hydrogen-bond donors (Lipinski definition) is 2. The molecule has 0 spiro atoms. The largest absolute Gasteiger partial charge is 0.479 e. The Labute approximate surface area is 127 Å². The summed E-state index contributed by atoms with van der Waals surface area (Å²) in [7, 11) is 0. The number of nitrogens with two attached hydrogens (primary N) is 1. The number of hydrogen-bond acceptors (Lipinski definition) is 3. The van der Waals surface area contributed by atoms with Crippen molar-refractivity contribution in [3.63, 3.8) is 0 Å². The van der Waals surface area contributed by atoms with Gasteiger partial charge in [0, 0.05) is 13.0 Å². The fourth-order valence-corrected chi connectivity index (χ4v) is 3.52. The van der Waals surface area contributed by atoms with Gasteiger partial charge < -0.3 is 15.7 Å². The molecular formula is C16H30N2O3. The predicted octanol–water partition coefficient (Wildman–Crippen LogP) is 2.39. The van der Waals surface area contributed by atoms with E-state index >= 15 is 0 Å². The van der Waals surface area contributed by atoms with Crippen LogP contribution in [0.5, 0.6) is 0 Å². The minimum atomic E-state index is -0.967. The van der Waals surface area contributed by atoms with Crippen LogP contribution in [-0.4, -0.2) is 40.5 Å². The van der Waals surface area contributed by atoms with E-state index in [0.717, 1.165) is 32.1 Å². The quantitative estimate of drug-likeness (QED) is 0.684. The van der Waals surface area contributed by atoms with Crippen LogP contribution in [0.25, 0.3) is 0 Å². The zero-order chi connectivity index (χ0) is 15.9. The molecule has 2 atom stereocenters. The zero-order valence-corrected chi connectivity index (χ0v) is 13.4. The van der Waals surface area contributed by atoms with Gasteiger partial charge in [0.25, 0.3) is 0 Å². The summed E-state index contributed by atoms with van der Waals surface area (Å²) in [4.78, 5) is 25.7. The highest BCUT2D eigenvalue weighted by Gasteiger charge is 2.48. The van der Waals surface area contributed by atoms with Gasteiger partial charge in [-0.05, 0) is 44.6 Å². The lowest BCUT2D eigenvalue weighted by Crippen LogP contribution is -2.52. The molecule has 21 heavy (non-hydrogen) atoms. The van der Waals surface area contributed by atoms with Crippen molar-refractivity contribution in [2.45, 2.75) is 70.8 Å². The summed E-state index contributed by atoms with van der Waals surface area (Å²) in [5.74, 6) is -0.384. The lowest BCUT2D eigenvalue weighted by molar-refractivity contribution is -0.157. The lowest BCUT2D eigenvalue weighted by atomic mass is 9.91. The molecule has 0 aromatic rings. The van der Waals surface area contributed by atoms with E-state index in [-0.39, 0.29) is 5.91 Å². The zero-order valence-electron chi connectivity index (χ0n) is 13.4. The summed E-state index contributed by atoms with van der Waals surface area (Å²) in [6.45, 7) is 5.22. The fourth-order valence-electron chi connectivity index (χ4n) is 3.52. The van der Waals surface area contributed by atoms with Crippen LogP contribution in [0.3, 0.4) is 0 Å². The van der Waals surface area contributed by atoms with Crippen molar-refractivity contribution < 1.29 is 14.7 Å². The molecular weight excluding hydrogens is 268 g/mol. The highest BCUT2D eigenvalue weighted by molar-refractivity contribution is 5.87. The van der Waals surface area contributed by atoms with Gasteiger partial charge in [-0.3, -0.25) is 4.79 Å². The minimum absolute atomic E-state index is 0.00475. The maximum Gasteiger partial charge on any atom is 0.329 e. The van der Waals surface area contributed by atoms with Gasteiger partial charge in [-0.25, -0.2) is 4.79 Å². The van der Waals surface area contributed by atoms with Crippen LogP contribution in [0, 0.1) is 5.92 Å². The second-order valence-electron chi connectivity index (χ2n) is 6.11. The highest BCUT2D eigenvalue weighted by atomic mass is 16.4. The van der Waals surface area contributed by atoms with E-state index in [0.29, 0.717) is 38.3 Å². The third kappa shape index (κ3) is 4.19. The smallest absolute Gasteiger partial charge is 0.329 e. The van der Waals surface area contributed by atoms with Gasteiger partial charge >= 0.3 is 5.97 Å². The van der Waals surface area contributed by atoms with Crippen molar-refractivity contribution >= 4 is 11.9 Å². The summed E-state index contributed by atoms with van der Waals surface area (Å²) < 4.78 is 0. The Morgan fingerprint density at radius 3 is 2.52 bits per heavy atom. The Hall–Kier alpha value is -1.10. The van der Waals surface area contributed by atoms with Crippen LogP contribution < -0.4 is 5.73 Å². The number of likely N-dealkylation sites (tertiary alicyclic amines) is 1. The van der Waals surface area contributed by atoms with Crippen LogP contribution in [0.1, 0.15) is 65.2 Å². The first-order chi connectivity index (χ1) is 10.0. The van der Waals surface area contributed by atoms with E-state index in [1.165, 1.54) is 0 Å². The highest BCUT2D eigenvalue weighted by Crippen LogP contribution is 2.34. The molecule has 5 nitrogen and oxygen atoms in total. The van der Waals surface area contributed by atoms with Crippen molar-refractivity contribution in [3.8, 4) is 0 Å². The minimum Gasteiger partial charge on any atom is -0.479 e. The normalized spacial score (nSPS) is 23.3. The molecule has 0 bridgehead atoms. The molecule has 0 saturated carbocycles. The Balaban J connectivity index is 2.63. The van der Waals surface area contributed by atoms with Gasteiger partial charge in [0.05, 0.1) is 0 Å². The molecule has 0 radical (unpaired) electrons. The van der Waals surface area contributed by atoms with E-state index in [1.54, 1.807) is 4.90 Å². The van der Waals surface area contributed by atoms with E-state index in [9.17, 15) is 14.7 Å². The Kier molecular flexibility index (Phi) is 7.15. The standard InChI is InChI=1S/C16H30N2O3/c1-3-6-13(9-11-17)7-8-14(19)18-12-5-10-16(18,4-2)15(20)21/h13H,3-12,17H2,1-2H3,(H,20,21). The molecule has 1 aliphatic rings. The molecule has 0 aromatic carbocycles. The van der Waals surface area contributed by atoms with Crippen molar-refractivity contribution in [3.05, 3.63) is 0 Å². The number of rotatable bonds is 9. The third-order valence-corrected chi connectivity index (χ3v) is 4.81. The topological polar surface area (TPSA) is 83.6 Å². The second kappa shape index (κ2) is 8.37. The van der Waals surface area contributed by atoms with Gasteiger partial charge in [0.2, 0.25) is 5.91 Å². The second-order valence-corrected chi connectivity index (χ2v) is 6.11. The van der Waals surface area contributed by atoms with Crippen LogP contribution in [0.15, 0.2) is 0 Å². The number of carboxylic acid groups (broad SMARTS) is 1. The lowest BCUT2D eigenvalue weighted by Gasteiger charge is -2.34. The van der Waals surface area contributed by atoms with Crippen LogP contribution >= 0.6 is 0 Å². The van der Waals surface area contributed by atoms with Crippen LogP contribution in [0.4, 0.5) is 0 Å². The Bertz CT molecular complexity index is 353. The van der Waals surface area contributed by atoms with E-state index in [1.807, 2.05) is 6.92 Å². The van der Waals surface area contributed by atoms with Gasteiger partial charge in [-0.15, -0.1) is 0 Å². The first-order valence-electron chi connectivity index (χ1n) is 8.25. The number of carbonyl (C=O) groups is 2. The van der Waals surface area contributed by atoms with Crippen molar-refractivity contribution in [1.82, 2.24) is 4.90 Å². The van der Waals surface area contributed by atoms with Crippen LogP contribution in [0.2, 0.25) is 0 Å². The molecule has 0 aliphatic carbocycles. The molecule has 122 valence electrons. The maximum atomic E-state index is 12.5. The fraction of sp³-hybridized carbons (Fsp3) is 0.875. The monoisotopic (exact) mass is 298 g/mol. The first kappa shape index (κ1) is 18.0. The maximum absolute atomic E-state index is 12.5. The Morgan fingerprint density at radius 2 is 2.00 bits per heavy atom. The predicted molar refractivity (Wildman–Crippen MR) is 82.9 cm³/mol. The number of nitrogens with zero attached hydrogens (tertiary/aromatic N) is 1. The van der Waals surface area contributed by atoms with Crippen molar-refractivity contribution in [2.24, 2.45) is 11.7 Å². The molecule has 5 heteroatoms. The molecule has 1 fully saturated rings. The summed E-state index contributed by atoms with van der Waals surface area (Å²) >= 11 is 0. The van der Waals surface area contributed by atoms with Crippen molar-refractivity contribution in [1.29, 1.82) is 0 Å². The van der Waals surface area contributed by atoms with E-state index in [2.05, 4.69) is 6.92 Å². The molecule has 1 saturated heterocycles. The molecule has 1 rings (SSSR count). The Morgan fingerprint density at radius 1 is 1.29 bits per heavy atom. The molecule has 0 aromatic heterocycles. The van der Waals surface area contributed by atoms with Gasteiger partial charge in [-0.2, -0.15) is 0 Å². The first-order valence-corrected chi connectivity index (χ1v) is 8.25. The molecule has 3 N–H and O–H groups in total. The van der Waals surface area contributed by atoms with Gasteiger partial charge in [0.1, 0.15) is 5.54 Å². The molecule has 1 aliphatic heterocycles. The number of aliphatic carboxylic acids is 1. The SMILES string of the molecule is CCCC(CCN)CCC(=O)N1CCCC1(CC)C(=O)O. The molecule has 1 heterocycles. The average molecular weight is 298 g/mol. The van der Waals surface area contributed by atoms with Crippen molar-refractivity contribution in [2.75, 3.05) is 13.1 Å².